The number of hydrogen-bond acceptors (Lipinski definition) is 4. The zero-order valence-corrected chi connectivity index (χ0v) is 7.83. The normalized spacial score (nSPS) is 9.69. The molecular weight excluding hydrogens is 168 g/mol. The number of para-hydroxylation sites is 2. The summed E-state index contributed by atoms with van der Waals surface area (Å²) in [7, 11) is 3.43. The lowest BCUT2D eigenvalue weighted by Gasteiger charge is -2.10. The molecule has 0 spiro atoms. The van der Waals surface area contributed by atoms with E-state index in [1.807, 2.05) is 31.3 Å². The van der Waals surface area contributed by atoms with Crippen molar-refractivity contribution in [2.45, 2.75) is 0 Å². The number of methoxy groups -OCH3 is 1. The van der Waals surface area contributed by atoms with Crippen molar-refractivity contribution in [3.05, 3.63) is 24.3 Å². The Kier molecular flexibility index (Phi) is 4.08. The maximum Gasteiger partial charge on any atom is 0.172 e. The van der Waals surface area contributed by atoms with Gasteiger partial charge in [-0.1, -0.05) is 12.1 Å². The minimum Gasteiger partial charge on any atom is -0.386 e. The molecule has 0 atom stereocenters. The van der Waals surface area contributed by atoms with Gasteiger partial charge in [0.05, 0.1) is 11.4 Å². The van der Waals surface area contributed by atoms with E-state index in [1.165, 1.54) is 0 Å². The molecule has 1 aromatic rings. The molecule has 0 aliphatic carbocycles. The highest BCUT2D eigenvalue weighted by Crippen LogP contribution is 2.19. The molecule has 0 radical (unpaired) electrons. The average molecular weight is 182 g/mol. The summed E-state index contributed by atoms with van der Waals surface area (Å²) in [6.45, 7) is 0.220. The molecule has 0 aromatic heterocycles. The maximum absolute atomic E-state index is 5.00. The van der Waals surface area contributed by atoms with Crippen LogP contribution >= 0.6 is 0 Å². The van der Waals surface area contributed by atoms with Crippen LogP contribution in [0.15, 0.2) is 24.3 Å². The van der Waals surface area contributed by atoms with Crippen LogP contribution in [0.5, 0.6) is 0 Å². The van der Waals surface area contributed by atoms with Gasteiger partial charge in [-0.15, -0.1) is 0 Å². The summed E-state index contributed by atoms with van der Waals surface area (Å²) in [5, 5.41) is 3.04. The molecule has 0 amide bonds. The maximum atomic E-state index is 5.00. The smallest absolute Gasteiger partial charge is 0.172 e. The first-order chi connectivity index (χ1) is 6.38. The molecule has 4 heteroatoms. The minimum absolute atomic E-state index is 0.220. The van der Waals surface area contributed by atoms with E-state index in [0.29, 0.717) is 0 Å². The first kappa shape index (κ1) is 9.83. The van der Waals surface area contributed by atoms with Crippen molar-refractivity contribution in [3.8, 4) is 0 Å². The van der Waals surface area contributed by atoms with Crippen LogP contribution in [0.4, 0.5) is 11.4 Å². The van der Waals surface area contributed by atoms with E-state index >= 15 is 0 Å². The van der Waals surface area contributed by atoms with Crippen LogP contribution in [0.1, 0.15) is 0 Å². The van der Waals surface area contributed by atoms with E-state index in [1.54, 1.807) is 7.11 Å². The zero-order valence-electron chi connectivity index (χ0n) is 7.83. The van der Waals surface area contributed by atoms with Crippen LogP contribution in [0.25, 0.3) is 0 Å². The van der Waals surface area contributed by atoms with E-state index in [9.17, 15) is 0 Å². The lowest BCUT2D eigenvalue weighted by molar-refractivity contribution is -0.00389. The van der Waals surface area contributed by atoms with Gasteiger partial charge in [-0.25, -0.2) is 4.84 Å². The van der Waals surface area contributed by atoms with Gasteiger partial charge in [-0.3, -0.25) is 5.48 Å². The Morgan fingerprint density at radius 1 is 1.23 bits per heavy atom. The van der Waals surface area contributed by atoms with Crippen molar-refractivity contribution < 1.29 is 9.57 Å². The Morgan fingerprint density at radius 3 is 2.54 bits per heavy atom. The number of rotatable bonds is 5. The van der Waals surface area contributed by atoms with Gasteiger partial charge >= 0.3 is 0 Å². The largest absolute Gasteiger partial charge is 0.386 e. The topological polar surface area (TPSA) is 42.5 Å². The zero-order chi connectivity index (χ0) is 9.52. The van der Waals surface area contributed by atoms with E-state index in [-0.39, 0.29) is 6.79 Å². The number of hydrogen-bond donors (Lipinski definition) is 2. The first-order valence-corrected chi connectivity index (χ1v) is 4.02. The Morgan fingerprint density at radius 2 is 1.92 bits per heavy atom. The molecule has 0 unspecified atom stereocenters. The molecule has 2 N–H and O–H groups in total. The summed E-state index contributed by atoms with van der Waals surface area (Å²) in [6.07, 6.45) is 0. The van der Waals surface area contributed by atoms with Crippen molar-refractivity contribution in [1.82, 2.24) is 0 Å². The molecule has 0 bridgehead atoms. The average Bonchev–Trinajstić information content (AvgIpc) is 2.19. The number of nitrogens with one attached hydrogen (secondary N) is 2. The molecule has 0 aliphatic rings. The highest BCUT2D eigenvalue weighted by molar-refractivity contribution is 5.67. The second-order valence-corrected chi connectivity index (χ2v) is 2.45. The highest BCUT2D eigenvalue weighted by atomic mass is 16.7. The van der Waals surface area contributed by atoms with Gasteiger partial charge in [0.2, 0.25) is 0 Å². The molecule has 0 saturated heterocycles. The Labute approximate surface area is 77.8 Å². The summed E-state index contributed by atoms with van der Waals surface area (Å²) < 4.78 is 4.73. The van der Waals surface area contributed by atoms with Crippen LogP contribution < -0.4 is 10.8 Å². The van der Waals surface area contributed by atoms with Crippen molar-refractivity contribution >= 4 is 11.4 Å². The summed E-state index contributed by atoms with van der Waals surface area (Å²) >= 11 is 0. The van der Waals surface area contributed by atoms with Crippen LogP contribution in [0.2, 0.25) is 0 Å². The van der Waals surface area contributed by atoms with Gasteiger partial charge in [0.25, 0.3) is 0 Å². The van der Waals surface area contributed by atoms with Gasteiger partial charge in [0.15, 0.2) is 6.79 Å². The third-order valence-corrected chi connectivity index (χ3v) is 1.56. The van der Waals surface area contributed by atoms with Crippen molar-refractivity contribution in [2.75, 3.05) is 31.7 Å². The van der Waals surface area contributed by atoms with Crippen LogP contribution in [0.3, 0.4) is 0 Å². The van der Waals surface area contributed by atoms with Crippen molar-refractivity contribution in [2.24, 2.45) is 0 Å². The molecule has 4 nitrogen and oxygen atoms in total. The third-order valence-electron chi connectivity index (χ3n) is 1.56. The molecule has 0 saturated carbocycles. The summed E-state index contributed by atoms with van der Waals surface area (Å²) in [6, 6.07) is 7.76. The lowest BCUT2D eigenvalue weighted by Crippen LogP contribution is -2.05. The van der Waals surface area contributed by atoms with Crippen LogP contribution in [-0.4, -0.2) is 21.0 Å². The predicted octanol–water partition coefficient (Wildman–Crippen LogP) is 1.68. The minimum atomic E-state index is 0.220. The summed E-state index contributed by atoms with van der Waals surface area (Å²) in [5.74, 6) is 0. The molecule has 1 rings (SSSR count). The monoisotopic (exact) mass is 182 g/mol. The number of anilines is 2. The van der Waals surface area contributed by atoms with Gasteiger partial charge in [0.1, 0.15) is 0 Å². The van der Waals surface area contributed by atoms with Crippen LogP contribution in [0, 0.1) is 0 Å². The molecule has 72 valence electrons. The van der Waals surface area contributed by atoms with Gasteiger partial charge in [-0.2, -0.15) is 0 Å². The van der Waals surface area contributed by atoms with Gasteiger partial charge in [0, 0.05) is 14.2 Å². The Bertz CT molecular complexity index is 253. The fourth-order valence-electron chi connectivity index (χ4n) is 0.956. The SMILES string of the molecule is CNc1ccccc1NOCOC. The molecule has 0 fully saturated rings. The summed E-state index contributed by atoms with van der Waals surface area (Å²) in [4.78, 5) is 5.00. The number of benzene rings is 1. The predicted molar refractivity (Wildman–Crippen MR) is 52.6 cm³/mol. The highest BCUT2D eigenvalue weighted by Gasteiger charge is 1.97. The summed E-state index contributed by atoms with van der Waals surface area (Å²) in [5.41, 5.74) is 4.65. The molecule has 0 heterocycles. The fourth-order valence-corrected chi connectivity index (χ4v) is 0.956. The number of ether oxygens (including phenoxy) is 1. The molecule has 13 heavy (non-hydrogen) atoms. The molecular formula is C9H14N2O2. The van der Waals surface area contributed by atoms with E-state index in [4.69, 9.17) is 9.57 Å². The lowest BCUT2D eigenvalue weighted by atomic mass is 10.3. The second-order valence-electron chi connectivity index (χ2n) is 2.45. The molecule has 0 aliphatic heterocycles. The van der Waals surface area contributed by atoms with Crippen molar-refractivity contribution in [1.29, 1.82) is 0 Å². The molecule has 1 aromatic carbocycles. The van der Waals surface area contributed by atoms with Gasteiger partial charge < -0.3 is 10.1 Å². The van der Waals surface area contributed by atoms with E-state index < -0.39 is 0 Å². The van der Waals surface area contributed by atoms with E-state index in [2.05, 4.69) is 10.8 Å². The van der Waals surface area contributed by atoms with Gasteiger partial charge in [-0.05, 0) is 12.1 Å². The van der Waals surface area contributed by atoms with Crippen LogP contribution in [-0.2, 0) is 9.57 Å². The fraction of sp³-hybridized carbons (Fsp3) is 0.333. The van der Waals surface area contributed by atoms with Crippen molar-refractivity contribution in [3.63, 3.8) is 0 Å². The first-order valence-electron chi connectivity index (χ1n) is 4.02. The standard InChI is InChI=1S/C9H14N2O2/c1-10-8-5-3-4-6-9(8)11-13-7-12-2/h3-6,10-11H,7H2,1-2H3. The Balaban J connectivity index is 2.54. The second kappa shape index (κ2) is 5.40. The van der Waals surface area contributed by atoms with E-state index in [0.717, 1.165) is 11.4 Å². The third kappa shape index (κ3) is 2.93. The Hall–Kier alpha value is -1.26. The quantitative estimate of drug-likeness (QED) is 0.413.